The smallest absolute Gasteiger partial charge is 0.306 e. The number of carbonyl (C=O) groups is 2. The molecular formula is C48H87NO5. The van der Waals surface area contributed by atoms with E-state index in [0.29, 0.717) is 19.3 Å². The molecule has 54 heavy (non-hydrogen) atoms. The second-order valence-corrected chi connectivity index (χ2v) is 15.4. The summed E-state index contributed by atoms with van der Waals surface area (Å²) < 4.78 is 5.87. The highest BCUT2D eigenvalue weighted by Crippen LogP contribution is 2.17. The van der Waals surface area contributed by atoms with Crippen molar-refractivity contribution in [1.29, 1.82) is 0 Å². The third kappa shape index (κ3) is 36.8. The highest BCUT2D eigenvalue weighted by molar-refractivity contribution is 5.77. The molecule has 0 rings (SSSR count). The molecule has 0 bridgehead atoms. The third-order valence-corrected chi connectivity index (χ3v) is 10.2. The monoisotopic (exact) mass is 758 g/mol. The quantitative estimate of drug-likeness (QED) is 0.0329. The molecule has 0 aliphatic heterocycles. The van der Waals surface area contributed by atoms with Crippen molar-refractivity contribution in [2.45, 2.75) is 238 Å². The Morgan fingerprint density at radius 3 is 1.48 bits per heavy atom. The molecule has 1 amide bonds. The van der Waals surface area contributed by atoms with Gasteiger partial charge in [0.1, 0.15) is 6.10 Å². The number of unbranched alkanes of at least 4 members (excludes halogenated alkanes) is 20. The number of ether oxygens (including phenoxy) is 1. The van der Waals surface area contributed by atoms with Gasteiger partial charge in [0.25, 0.3) is 0 Å². The van der Waals surface area contributed by atoms with Crippen LogP contribution in [0, 0.1) is 0 Å². The zero-order valence-electron chi connectivity index (χ0n) is 35.6. The molecule has 0 aliphatic rings. The van der Waals surface area contributed by atoms with E-state index in [1.807, 2.05) is 0 Å². The topological polar surface area (TPSA) is 95.9 Å². The van der Waals surface area contributed by atoms with Crippen LogP contribution in [0.4, 0.5) is 0 Å². The Labute approximate surface area is 334 Å². The molecule has 0 aromatic rings. The van der Waals surface area contributed by atoms with Crippen molar-refractivity contribution in [3.05, 3.63) is 48.6 Å². The van der Waals surface area contributed by atoms with Crippen molar-refractivity contribution in [1.82, 2.24) is 5.32 Å². The van der Waals surface area contributed by atoms with E-state index in [-0.39, 0.29) is 24.9 Å². The molecule has 6 nitrogen and oxygen atoms in total. The van der Waals surface area contributed by atoms with Crippen LogP contribution in [0.3, 0.4) is 0 Å². The molecule has 0 saturated heterocycles. The molecule has 3 atom stereocenters. The lowest BCUT2D eigenvalue weighted by Gasteiger charge is -2.24. The minimum Gasteiger partial charge on any atom is -0.462 e. The Morgan fingerprint density at radius 1 is 0.556 bits per heavy atom. The fourth-order valence-electron chi connectivity index (χ4n) is 6.72. The van der Waals surface area contributed by atoms with Crippen molar-refractivity contribution in [2.75, 3.05) is 6.61 Å². The Bertz CT molecular complexity index is 941. The van der Waals surface area contributed by atoms with E-state index in [4.69, 9.17) is 4.74 Å². The number of aliphatic hydroxyl groups is 2. The lowest BCUT2D eigenvalue weighted by Crippen LogP contribution is -2.46. The standard InChI is InChI=1S/C48H87NO5/c1-4-7-10-13-16-19-22-23-24-26-27-30-33-36-39-44(54-48(53)41-38-35-32-29-25-20-17-14-11-8-5-2)42-47(52)49-45(43-50)46(51)40-37-34-31-28-21-18-15-12-9-6-3/h7,10,16,19,23-24,27,30,44-46,50-51H,4-6,8-9,11-15,17-18,20-22,25-26,28-29,31-43H2,1-3H3,(H,49,52)/b10-7+,19-16+,24-23+,30-27+. The average molecular weight is 758 g/mol. The zero-order valence-corrected chi connectivity index (χ0v) is 35.6. The van der Waals surface area contributed by atoms with Gasteiger partial charge in [-0.2, -0.15) is 0 Å². The van der Waals surface area contributed by atoms with Gasteiger partial charge in [0.15, 0.2) is 0 Å². The first kappa shape index (κ1) is 51.8. The molecule has 0 aromatic heterocycles. The molecular weight excluding hydrogens is 671 g/mol. The fourth-order valence-corrected chi connectivity index (χ4v) is 6.72. The summed E-state index contributed by atoms with van der Waals surface area (Å²) in [5.74, 6) is -0.528. The Kier molecular flexibility index (Phi) is 40.3. The van der Waals surface area contributed by atoms with Gasteiger partial charge in [-0.3, -0.25) is 9.59 Å². The molecule has 314 valence electrons. The summed E-state index contributed by atoms with van der Waals surface area (Å²) in [7, 11) is 0. The molecule has 3 N–H and O–H groups in total. The number of aliphatic hydroxyl groups excluding tert-OH is 2. The van der Waals surface area contributed by atoms with Crippen molar-refractivity contribution in [2.24, 2.45) is 0 Å². The van der Waals surface area contributed by atoms with E-state index >= 15 is 0 Å². The minimum atomic E-state index is -0.798. The lowest BCUT2D eigenvalue weighted by atomic mass is 10.0. The Balaban J connectivity index is 4.70. The van der Waals surface area contributed by atoms with Crippen LogP contribution >= 0.6 is 0 Å². The number of rotatable bonds is 40. The van der Waals surface area contributed by atoms with Crippen LogP contribution in [0.5, 0.6) is 0 Å². The first-order chi connectivity index (χ1) is 26.5. The summed E-state index contributed by atoms with van der Waals surface area (Å²) in [5, 5.41) is 23.6. The molecule has 0 radical (unpaired) electrons. The third-order valence-electron chi connectivity index (χ3n) is 10.2. The molecule has 6 heteroatoms. The van der Waals surface area contributed by atoms with Crippen molar-refractivity contribution in [3.63, 3.8) is 0 Å². The average Bonchev–Trinajstić information content (AvgIpc) is 3.16. The number of hydrogen-bond donors (Lipinski definition) is 3. The van der Waals surface area contributed by atoms with Gasteiger partial charge in [-0.25, -0.2) is 0 Å². The van der Waals surface area contributed by atoms with Gasteiger partial charge >= 0.3 is 5.97 Å². The molecule has 0 aliphatic carbocycles. The number of carbonyl (C=O) groups excluding carboxylic acids is 2. The molecule has 0 fully saturated rings. The predicted molar refractivity (Wildman–Crippen MR) is 232 cm³/mol. The van der Waals surface area contributed by atoms with E-state index in [1.54, 1.807) is 0 Å². The largest absolute Gasteiger partial charge is 0.462 e. The molecule has 0 heterocycles. The van der Waals surface area contributed by atoms with Gasteiger partial charge in [0.2, 0.25) is 5.91 Å². The minimum absolute atomic E-state index is 0.0413. The lowest BCUT2D eigenvalue weighted by molar-refractivity contribution is -0.151. The van der Waals surface area contributed by atoms with Crippen molar-refractivity contribution < 1.29 is 24.5 Å². The number of esters is 1. The number of allylic oxidation sites excluding steroid dienone is 8. The molecule has 0 spiro atoms. The summed E-state index contributed by atoms with van der Waals surface area (Å²) in [6.07, 6.45) is 48.9. The first-order valence-corrected chi connectivity index (χ1v) is 22.9. The van der Waals surface area contributed by atoms with E-state index in [0.717, 1.165) is 77.0 Å². The summed E-state index contributed by atoms with van der Waals surface area (Å²) in [5.41, 5.74) is 0. The van der Waals surface area contributed by atoms with Crippen LogP contribution in [-0.2, 0) is 14.3 Å². The van der Waals surface area contributed by atoms with Gasteiger partial charge in [0, 0.05) is 6.42 Å². The summed E-state index contributed by atoms with van der Waals surface area (Å²) in [4.78, 5) is 25.9. The number of hydrogen-bond acceptors (Lipinski definition) is 5. The second kappa shape index (κ2) is 42.0. The van der Waals surface area contributed by atoms with Gasteiger partial charge < -0.3 is 20.3 Å². The second-order valence-electron chi connectivity index (χ2n) is 15.4. The predicted octanol–water partition coefficient (Wildman–Crippen LogP) is 13.1. The van der Waals surface area contributed by atoms with Crippen molar-refractivity contribution >= 4 is 11.9 Å². The van der Waals surface area contributed by atoms with E-state index in [9.17, 15) is 19.8 Å². The zero-order chi connectivity index (χ0) is 39.6. The molecule has 0 aromatic carbocycles. The van der Waals surface area contributed by atoms with Gasteiger partial charge in [-0.05, 0) is 57.8 Å². The van der Waals surface area contributed by atoms with Crippen molar-refractivity contribution in [3.8, 4) is 0 Å². The first-order valence-electron chi connectivity index (χ1n) is 22.9. The van der Waals surface area contributed by atoms with Gasteiger partial charge in [-0.1, -0.05) is 198 Å². The highest BCUT2D eigenvalue weighted by Gasteiger charge is 2.24. The maximum Gasteiger partial charge on any atom is 0.306 e. The Morgan fingerprint density at radius 2 is 1.00 bits per heavy atom. The van der Waals surface area contributed by atoms with E-state index in [1.165, 1.54) is 96.3 Å². The summed E-state index contributed by atoms with van der Waals surface area (Å²) >= 11 is 0. The maximum absolute atomic E-state index is 13.1. The van der Waals surface area contributed by atoms with Crippen LogP contribution in [0.1, 0.15) is 220 Å². The van der Waals surface area contributed by atoms with Crippen LogP contribution in [0.2, 0.25) is 0 Å². The van der Waals surface area contributed by atoms with Crippen LogP contribution in [-0.4, -0.2) is 46.9 Å². The van der Waals surface area contributed by atoms with Crippen LogP contribution in [0.25, 0.3) is 0 Å². The normalized spacial score (nSPS) is 13.8. The number of amides is 1. The molecule has 3 unspecified atom stereocenters. The van der Waals surface area contributed by atoms with Crippen LogP contribution < -0.4 is 5.32 Å². The SMILES string of the molecule is CC/C=C/C/C=C/C/C=C/C/C=C/CCCC(CC(=O)NC(CO)C(O)CCCCCCCCCCCC)OC(=O)CCCCCCCCCCCCC. The van der Waals surface area contributed by atoms with Crippen LogP contribution in [0.15, 0.2) is 48.6 Å². The highest BCUT2D eigenvalue weighted by atomic mass is 16.5. The maximum atomic E-state index is 13.1. The van der Waals surface area contributed by atoms with Gasteiger partial charge in [0.05, 0.1) is 25.2 Å². The number of nitrogens with one attached hydrogen (secondary N) is 1. The fraction of sp³-hybridized carbons (Fsp3) is 0.792. The van der Waals surface area contributed by atoms with E-state index in [2.05, 4.69) is 74.7 Å². The van der Waals surface area contributed by atoms with Gasteiger partial charge in [-0.15, -0.1) is 0 Å². The summed E-state index contributed by atoms with van der Waals surface area (Å²) in [6.45, 7) is 6.32. The van der Waals surface area contributed by atoms with E-state index < -0.39 is 18.2 Å². The molecule has 0 saturated carbocycles. The Hall–Kier alpha value is -2.18. The summed E-state index contributed by atoms with van der Waals surface area (Å²) in [6, 6.07) is -0.715.